The van der Waals surface area contributed by atoms with Gasteiger partial charge in [-0.1, -0.05) is 13.8 Å². The highest BCUT2D eigenvalue weighted by Gasteiger charge is 2.11. The zero-order valence-electron chi connectivity index (χ0n) is 12.9. The van der Waals surface area contributed by atoms with Gasteiger partial charge in [0.25, 0.3) is 0 Å². The molecule has 21 heavy (non-hydrogen) atoms. The number of nitrogens with one attached hydrogen (secondary N) is 1. The van der Waals surface area contributed by atoms with Crippen LogP contribution in [0.1, 0.15) is 24.4 Å². The second kappa shape index (κ2) is 7.38. The van der Waals surface area contributed by atoms with Crippen LogP contribution >= 0.6 is 27.3 Å². The molecule has 0 aliphatic heterocycles. The van der Waals surface area contributed by atoms with Crippen LogP contribution in [0.15, 0.2) is 22.7 Å². The van der Waals surface area contributed by atoms with Gasteiger partial charge in [0.05, 0.1) is 17.3 Å². The third-order valence-corrected chi connectivity index (χ3v) is 4.96. The third kappa shape index (κ3) is 4.28. The minimum absolute atomic E-state index is 0.662. The fraction of sp³-hybridized carbons (Fsp3) is 0.438. The zero-order chi connectivity index (χ0) is 15.4. The van der Waals surface area contributed by atoms with Crippen LogP contribution in [0.25, 0.3) is 10.6 Å². The molecule has 114 valence electrons. The molecule has 0 aliphatic carbocycles. The Kier molecular flexibility index (Phi) is 5.79. The van der Waals surface area contributed by atoms with Crippen LogP contribution in [0.4, 0.5) is 0 Å². The monoisotopic (exact) mass is 368 g/mol. The summed E-state index contributed by atoms with van der Waals surface area (Å²) in [4.78, 5) is 6.00. The molecule has 0 saturated heterocycles. The average Bonchev–Trinajstić information content (AvgIpc) is 2.80. The number of halogens is 1. The van der Waals surface area contributed by atoms with E-state index < -0.39 is 0 Å². The Morgan fingerprint density at radius 3 is 2.76 bits per heavy atom. The van der Waals surface area contributed by atoms with E-state index in [1.165, 1.54) is 4.88 Å². The predicted molar refractivity (Wildman–Crippen MR) is 93.1 cm³/mol. The van der Waals surface area contributed by atoms with Crippen LogP contribution in [0, 0.1) is 12.8 Å². The highest BCUT2D eigenvalue weighted by Crippen LogP contribution is 2.33. The van der Waals surface area contributed by atoms with Gasteiger partial charge in [0, 0.05) is 17.0 Å². The molecule has 1 aromatic carbocycles. The highest BCUT2D eigenvalue weighted by molar-refractivity contribution is 9.10. The van der Waals surface area contributed by atoms with Gasteiger partial charge in [-0.25, -0.2) is 4.98 Å². The van der Waals surface area contributed by atoms with Gasteiger partial charge in [0.1, 0.15) is 10.8 Å². The van der Waals surface area contributed by atoms with Crippen molar-refractivity contribution in [3.8, 4) is 16.3 Å². The molecule has 1 N–H and O–H groups in total. The molecular formula is C16H21BrN2OS. The van der Waals surface area contributed by atoms with Crippen LogP contribution in [0.3, 0.4) is 0 Å². The van der Waals surface area contributed by atoms with Crippen molar-refractivity contribution < 1.29 is 4.74 Å². The van der Waals surface area contributed by atoms with E-state index in [1.54, 1.807) is 18.4 Å². The number of hydrogen-bond acceptors (Lipinski definition) is 4. The van der Waals surface area contributed by atoms with Gasteiger partial charge >= 0.3 is 0 Å². The van der Waals surface area contributed by atoms with Crippen molar-refractivity contribution in [2.45, 2.75) is 27.3 Å². The summed E-state index contributed by atoms with van der Waals surface area (Å²) in [7, 11) is 1.67. The molecule has 1 heterocycles. The molecule has 0 unspecified atom stereocenters. The first-order valence-corrected chi connectivity index (χ1v) is 8.63. The summed E-state index contributed by atoms with van der Waals surface area (Å²) < 4.78 is 6.22. The first kappa shape index (κ1) is 16.5. The topological polar surface area (TPSA) is 34.1 Å². The maximum Gasteiger partial charge on any atom is 0.133 e. The van der Waals surface area contributed by atoms with Gasteiger partial charge in [-0.05, 0) is 53.5 Å². The van der Waals surface area contributed by atoms with Crippen molar-refractivity contribution in [3.05, 3.63) is 33.2 Å². The first-order valence-electron chi connectivity index (χ1n) is 7.02. The number of methoxy groups -OCH3 is 1. The Balaban J connectivity index is 2.16. The molecule has 0 atom stereocenters. The number of thiazole rings is 1. The van der Waals surface area contributed by atoms with Crippen LogP contribution in [-0.2, 0) is 6.54 Å². The van der Waals surface area contributed by atoms with Crippen LogP contribution in [-0.4, -0.2) is 18.6 Å². The number of aryl methyl sites for hydroxylation is 1. The summed E-state index contributed by atoms with van der Waals surface area (Å²) in [5, 5.41) is 4.53. The molecule has 0 amide bonds. The van der Waals surface area contributed by atoms with Gasteiger partial charge in [0.15, 0.2) is 0 Å². The van der Waals surface area contributed by atoms with E-state index in [0.717, 1.165) is 39.6 Å². The summed E-state index contributed by atoms with van der Waals surface area (Å²) in [5.41, 5.74) is 2.23. The molecule has 0 bridgehead atoms. The minimum atomic E-state index is 0.662. The van der Waals surface area contributed by atoms with Crippen molar-refractivity contribution in [1.82, 2.24) is 10.3 Å². The van der Waals surface area contributed by atoms with E-state index in [-0.39, 0.29) is 0 Å². The number of nitrogens with zero attached hydrogens (tertiary/aromatic N) is 1. The van der Waals surface area contributed by atoms with Crippen molar-refractivity contribution in [3.63, 3.8) is 0 Å². The molecule has 2 rings (SSSR count). The van der Waals surface area contributed by atoms with E-state index in [4.69, 9.17) is 9.72 Å². The molecule has 2 aromatic rings. The summed E-state index contributed by atoms with van der Waals surface area (Å²) >= 11 is 5.28. The highest BCUT2D eigenvalue weighted by atomic mass is 79.9. The van der Waals surface area contributed by atoms with Gasteiger partial charge in [-0.3, -0.25) is 0 Å². The normalized spacial score (nSPS) is 11.1. The lowest BCUT2D eigenvalue weighted by Gasteiger charge is -2.05. The Morgan fingerprint density at radius 1 is 1.38 bits per heavy atom. The van der Waals surface area contributed by atoms with E-state index in [1.807, 2.05) is 12.1 Å². The van der Waals surface area contributed by atoms with E-state index >= 15 is 0 Å². The number of aromatic nitrogens is 1. The Labute approximate surface area is 138 Å². The van der Waals surface area contributed by atoms with Crippen LogP contribution in [0.5, 0.6) is 5.75 Å². The fourth-order valence-electron chi connectivity index (χ4n) is 1.99. The molecule has 0 aliphatic rings. The second-order valence-corrected chi connectivity index (χ2v) is 7.34. The Bertz CT molecular complexity index is 610. The van der Waals surface area contributed by atoms with Crippen molar-refractivity contribution in [1.29, 1.82) is 0 Å². The molecule has 5 heteroatoms. The summed E-state index contributed by atoms with van der Waals surface area (Å²) in [6.45, 7) is 8.42. The average molecular weight is 369 g/mol. The number of benzene rings is 1. The molecule has 0 fully saturated rings. The minimum Gasteiger partial charge on any atom is -0.496 e. The lowest BCUT2D eigenvalue weighted by molar-refractivity contribution is 0.412. The predicted octanol–water partition coefficient (Wildman–Crippen LogP) is 4.64. The van der Waals surface area contributed by atoms with E-state index in [9.17, 15) is 0 Å². The molecule has 0 spiro atoms. The molecule has 3 nitrogen and oxygen atoms in total. The SMILES string of the molecule is COc1ccc(-c2nc(C)c(CNCC(C)C)s2)cc1Br. The van der Waals surface area contributed by atoms with Crippen molar-refractivity contribution in [2.24, 2.45) is 5.92 Å². The summed E-state index contributed by atoms with van der Waals surface area (Å²) in [6.07, 6.45) is 0. The van der Waals surface area contributed by atoms with E-state index in [2.05, 4.69) is 48.1 Å². The second-order valence-electron chi connectivity index (χ2n) is 5.40. The summed E-state index contributed by atoms with van der Waals surface area (Å²) in [6, 6.07) is 6.07. The molecule has 0 saturated carbocycles. The van der Waals surface area contributed by atoms with Crippen molar-refractivity contribution in [2.75, 3.05) is 13.7 Å². The lowest BCUT2D eigenvalue weighted by Crippen LogP contribution is -2.18. The van der Waals surface area contributed by atoms with Gasteiger partial charge < -0.3 is 10.1 Å². The van der Waals surface area contributed by atoms with Gasteiger partial charge in [-0.2, -0.15) is 0 Å². The van der Waals surface area contributed by atoms with Crippen molar-refractivity contribution >= 4 is 27.3 Å². The molecular weight excluding hydrogens is 348 g/mol. The number of rotatable bonds is 6. The number of hydrogen-bond donors (Lipinski definition) is 1. The summed E-state index contributed by atoms with van der Waals surface area (Å²) in [5.74, 6) is 1.50. The molecule has 1 aromatic heterocycles. The standard InChI is InChI=1S/C16H21BrN2OS/c1-10(2)8-18-9-15-11(3)19-16(21-15)12-5-6-14(20-4)13(17)7-12/h5-7,10,18H,8-9H2,1-4H3. The number of ether oxygens (including phenoxy) is 1. The van der Waals surface area contributed by atoms with Gasteiger partial charge in [-0.15, -0.1) is 11.3 Å². The first-order chi connectivity index (χ1) is 10.0. The fourth-order valence-corrected chi connectivity index (χ4v) is 3.56. The third-order valence-electron chi connectivity index (χ3n) is 3.13. The van der Waals surface area contributed by atoms with Crippen LogP contribution < -0.4 is 10.1 Å². The smallest absolute Gasteiger partial charge is 0.133 e. The maximum absolute atomic E-state index is 5.27. The largest absolute Gasteiger partial charge is 0.496 e. The quantitative estimate of drug-likeness (QED) is 0.806. The lowest BCUT2D eigenvalue weighted by atomic mass is 10.2. The Hall–Kier alpha value is -0.910. The van der Waals surface area contributed by atoms with Gasteiger partial charge in [0.2, 0.25) is 0 Å². The van der Waals surface area contributed by atoms with Crippen LogP contribution in [0.2, 0.25) is 0 Å². The van der Waals surface area contributed by atoms with E-state index in [0.29, 0.717) is 5.92 Å². The Morgan fingerprint density at radius 2 is 2.14 bits per heavy atom. The molecule has 0 radical (unpaired) electrons. The zero-order valence-corrected chi connectivity index (χ0v) is 15.3. The maximum atomic E-state index is 5.27.